The van der Waals surface area contributed by atoms with Crippen LogP contribution in [0.1, 0.15) is 21.6 Å². The summed E-state index contributed by atoms with van der Waals surface area (Å²) in [7, 11) is 0. The van der Waals surface area contributed by atoms with E-state index >= 15 is 0 Å². The molecule has 0 spiro atoms. The van der Waals surface area contributed by atoms with Crippen LogP contribution in [0.5, 0.6) is 0 Å². The molecule has 3 N–H and O–H groups in total. The standard InChI is InChI=1S/C13H13N3O3S/c1-8-3-2-4-10(11(8)12(17)18)16-13(19)14-5-9-6-20-7-15-9/h2-4,6-7H,5H2,1H3,(H,17,18)(H2,14,16,19). The van der Waals surface area contributed by atoms with Crippen molar-refractivity contribution in [2.75, 3.05) is 5.32 Å². The fraction of sp³-hybridized carbons (Fsp3) is 0.154. The Balaban J connectivity index is 2.04. The molecule has 20 heavy (non-hydrogen) atoms. The molecular formula is C13H13N3O3S. The van der Waals surface area contributed by atoms with Crippen LogP contribution in [-0.4, -0.2) is 22.1 Å². The van der Waals surface area contributed by atoms with Crippen LogP contribution >= 0.6 is 11.3 Å². The summed E-state index contributed by atoms with van der Waals surface area (Å²) in [5, 5.41) is 16.1. The van der Waals surface area contributed by atoms with E-state index in [0.29, 0.717) is 12.1 Å². The summed E-state index contributed by atoms with van der Waals surface area (Å²) in [6, 6.07) is 4.46. The fourth-order valence-electron chi connectivity index (χ4n) is 1.72. The lowest BCUT2D eigenvalue weighted by molar-refractivity contribution is 0.0697. The largest absolute Gasteiger partial charge is 0.478 e. The molecule has 7 heteroatoms. The number of urea groups is 1. The van der Waals surface area contributed by atoms with Crippen LogP contribution in [0.3, 0.4) is 0 Å². The Morgan fingerprint density at radius 2 is 2.20 bits per heavy atom. The van der Waals surface area contributed by atoms with Crippen molar-refractivity contribution in [3.05, 3.63) is 45.9 Å². The van der Waals surface area contributed by atoms with Crippen molar-refractivity contribution >= 4 is 29.0 Å². The van der Waals surface area contributed by atoms with Gasteiger partial charge in [-0.25, -0.2) is 14.6 Å². The minimum Gasteiger partial charge on any atom is -0.478 e. The molecule has 1 heterocycles. The predicted molar refractivity (Wildman–Crippen MR) is 76.1 cm³/mol. The second-order valence-corrected chi connectivity index (χ2v) is 4.81. The summed E-state index contributed by atoms with van der Waals surface area (Å²) in [5.41, 5.74) is 3.39. The lowest BCUT2D eigenvalue weighted by Crippen LogP contribution is -2.29. The van der Waals surface area contributed by atoms with Crippen LogP contribution < -0.4 is 10.6 Å². The number of carbonyl (C=O) groups excluding carboxylic acids is 1. The highest BCUT2D eigenvalue weighted by Crippen LogP contribution is 2.19. The smallest absolute Gasteiger partial charge is 0.338 e. The van der Waals surface area contributed by atoms with E-state index in [2.05, 4.69) is 15.6 Å². The van der Waals surface area contributed by atoms with Gasteiger partial charge in [-0.3, -0.25) is 0 Å². The highest BCUT2D eigenvalue weighted by atomic mass is 32.1. The second kappa shape index (κ2) is 6.16. The maximum Gasteiger partial charge on any atom is 0.338 e. The number of benzene rings is 1. The summed E-state index contributed by atoms with van der Waals surface area (Å²) in [4.78, 5) is 27.0. The summed E-state index contributed by atoms with van der Waals surface area (Å²) in [6.07, 6.45) is 0. The number of carboxylic acid groups (broad SMARTS) is 1. The van der Waals surface area contributed by atoms with E-state index in [-0.39, 0.29) is 11.3 Å². The van der Waals surface area contributed by atoms with Crippen molar-refractivity contribution < 1.29 is 14.7 Å². The van der Waals surface area contributed by atoms with Crippen molar-refractivity contribution in [3.63, 3.8) is 0 Å². The third-order valence-electron chi connectivity index (χ3n) is 2.65. The van der Waals surface area contributed by atoms with Crippen molar-refractivity contribution in [2.45, 2.75) is 13.5 Å². The van der Waals surface area contributed by atoms with Gasteiger partial charge in [0.25, 0.3) is 0 Å². The summed E-state index contributed by atoms with van der Waals surface area (Å²) >= 11 is 1.44. The first-order chi connectivity index (χ1) is 9.58. The molecule has 0 aliphatic heterocycles. The number of nitrogens with one attached hydrogen (secondary N) is 2. The van der Waals surface area contributed by atoms with Gasteiger partial charge in [-0.2, -0.15) is 0 Å². The Hall–Kier alpha value is -2.41. The topological polar surface area (TPSA) is 91.3 Å². The molecule has 0 aliphatic rings. The number of carboxylic acids is 1. The Labute approximate surface area is 119 Å². The number of nitrogens with zero attached hydrogens (tertiary/aromatic N) is 1. The van der Waals surface area contributed by atoms with E-state index in [1.54, 1.807) is 30.6 Å². The molecule has 0 bridgehead atoms. The minimum absolute atomic E-state index is 0.0938. The zero-order valence-corrected chi connectivity index (χ0v) is 11.5. The summed E-state index contributed by atoms with van der Waals surface area (Å²) < 4.78 is 0. The SMILES string of the molecule is Cc1cccc(NC(=O)NCc2cscn2)c1C(=O)O. The summed E-state index contributed by atoms with van der Waals surface area (Å²) in [5.74, 6) is -1.07. The van der Waals surface area contributed by atoms with Crippen molar-refractivity contribution in [3.8, 4) is 0 Å². The van der Waals surface area contributed by atoms with Gasteiger partial charge in [-0.15, -0.1) is 11.3 Å². The Morgan fingerprint density at radius 1 is 1.40 bits per heavy atom. The quantitative estimate of drug-likeness (QED) is 0.807. The zero-order chi connectivity index (χ0) is 14.5. The molecule has 2 rings (SSSR count). The maximum atomic E-state index is 11.8. The number of aromatic nitrogens is 1. The number of aryl methyl sites for hydroxylation is 1. The van der Waals surface area contributed by atoms with Gasteiger partial charge in [-0.1, -0.05) is 12.1 Å². The number of rotatable bonds is 4. The molecule has 0 saturated heterocycles. The highest BCUT2D eigenvalue weighted by molar-refractivity contribution is 7.07. The van der Waals surface area contributed by atoms with Crippen LogP contribution in [0, 0.1) is 6.92 Å². The van der Waals surface area contributed by atoms with E-state index in [1.807, 2.05) is 5.38 Å². The van der Waals surface area contributed by atoms with Gasteiger partial charge in [0, 0.05) is 5.38 Å². The molecule has 0 saturated carbocycles. The van der Waals surface area contributed by atoms with Gasteiger partial charge in [0.2, 0.25) is 0 Å². The Kier molecular flexibility index (Phi) is 4.31. The third kappa shape index (κ3) is 3.33. The molecular weight excluding hydrogens is 278 g/mol. The van der Waals surface area contributed by atoms with E-state index in [0.717, 1.165) is 5.69 Å². The van der Waals surface area contributed by atoms with Crippen LogP contribution in [-0.2, 0) is 6.54 Å². The van der Waals surface area contributed by atoms with Crippen molar-refractivity contribution in [1.82, 2.24) is 10.3 Å². The molecule has 0 radical (unpaired) electrons. The summed E-state index contributed by atoms with van der Waals surface area (Å²) in [6.45, 7) is 1.98. The number of hydrogen-bond acceptors (Lipinski definition) is 4. The number of anilines is 1. The number of amides is 2. The monoisotopic (exact) mass is 291 g/mol. The average molecular weight is 291 g/mol. The van der Waals surface area contributed by atoms with E-state index in [1.165, 1.54) is 11.3 Å². The van der Waals surface area contributed by atoms with Gasteiger partial charge in [0.1, 0.15) is 0 Å². The van der Waals surface area contributed by atoms with Crippen molar-refractivity contribution in [1.29, 1.82) is 0 Å². The molecule has 104 valence electrons. The average Bonchev–Trinajstić information content (AvgIpc) is 2.89. The fourth-order valence-corrected chi connectivity index (χ4v) is 2.28. The minimum atomic E-state index is -1.07. The first-order valence-corrected chi connectivity index (χ1v) is 6.77. The maximum absolute atomic E-state index is 11.8. The lowest BCUT2D eigenvalue weighted by Gasteiger charge is -2.11. The Morgan fingerprint density at radius 3 is 2.85 bits per heavy atom. The van der Waals surface area contributed by atoms with Crippen LogP contribution in [0.15, 0.2) is 29.1 Å². The molecule has 0 fully saturated rings. The number of carbonyl (C=O) groups is 2. The molecule has 6 nitrogen and oxygen atoms in total. The number of hydrogen-bond donors (Lipinski definition) is 3. The number of aromatic carboxylic acids is 1. The lowest BCUT2D eigenvalue weighted by atomic mass is 10.1. The highest BCUT2D eigenvalue weighted by Gasteiger charge is 2.14. The van der Waals surface area contributed by atoms with Crippen LogP contribution in [0.4, 0.5) is 10.5 Å². The molecule has 0 aliphatic carbocycles. The normalized spacial score (nSPS) is 10.1. The molecule has 0 atom stereocenters. The molecule has 2 amide bonds. The van der Waals surface area contributed by atoms with Gasteiger partial charge >= 0.3 is 12.0 Å². The second-order valence-electron chi connectivity index (χ2n) is 4.09. The zero-order valence-electron chi connectivity index (χ0n) is 10.7. The molecule has 0 unspecified atom stereocenters. The molecule has 1 aromatic carbocycles. The van der Waals surface area contributed by atoms with Crippen molar-refractivity contribution in [2.24, 2.45) is 0 Å². The Bertz CT molecular complexity index is 626. The predicted octanol–water partition coefficient (Wildman–Crippen LogP) is 2.47. The molecule has 1 aromatic heterocycles. The first kappa shape index (κ1) is 14.0. The molecule has 2 aromatic rings. The van der Waals surface area contributed by atoms with E-state index in [9.17, 15) is 9.59 Å². The van der Waals surface area contributed by atoms with Crippen LogP contribution in [0.25, 0.3) is 0 Å². The van der Waals surface area contributed by atoms with E-state index in [4.69, 9.17) is 5.11 Å². The van der Waals surface area contributed by atoms with Gasteiger partial charge in [-0.05, 0) is 18.6 Å². The first-order valence-electron chi connectivity index (χ1n) is 5.82. The van der Waals surface area contributed by atoms with E-state index < -0.39 is 12.0 Å². The number of thiazole rings is 1. The van der Waals surface area contributed by atoms with Crippen LogP contribution in [0.2, 0.25) is 0 Å². The van der Waals surface area contributed by atoms with Gasteiger partial charge < -0.3 is 15.7 Å². The van der Waals surface area contributed by atoms with Gasteiger partial charge in [0.15, 0.2) is 0 Å². The van der Waals surface area contributed by atoms with Gasteiger partial charge in [0.05, 0.1) is 29.0 Å². The third-order valence-corrected chi connectivity index (χ3v) is 3.28.